The van der Waals surface area contributed by atoms with Gasteiger partial charge in [-0.15, -0.1) is 0 Å². The number of nitrogens with zero attached hydrogens (tertiary/aromatic N) is 1. The van der Waals surface area contributed by atoms with E-state index in [0.29, 0.717) is 16.7 Å². The lowest BCUT2D eigenvalue weighted by atomic mass is 9.90. The summed E-state index contributed by atoms with van der Waals surface area (Å²) in [6, 6.07) is 0. The molecule has 0 aromatic heterocycles. The van der Waals surface area contributed by atoms with Crippen LogP contribution in [-0.2, 0) is 14.3 Å². The van der Waals surface area contributed by atoms with Crippen LogP contribution in [0.4, 0.5) is 5.69 Å². The first kappa shape index (κ1) is 37.1. The van der Waals surface area contributed by atoms with Gasteiger partial charge in [-0.05, 0) is 49.1 Å². The number of nitrogens with one attached hydrogen (secondary N) is 1. The fraction of sp³-hybridized carbons (Fsp3) is 0.600. The summed E-state index contributed by atoms with van der Waals surface area (Å²) in [7, 11) is 1.43. The highest BCUT2D eigenvalue weighted by Crippen LogP contribution is 2.33. The molecule has 0 saturated heterocycles. The number of esters is 1. The Kier molecular flexibility index (Phi) is 20.9. The van der Waals surface area contributed by atoms with Crippen molar-refractivity contribution in [3.63, 3.8) is 0 Å². The quantitative estimate of drug-likeness (QED) is 0.350. The molecule has 0 aliphatic carbocycles. The number of anilines is 1. The Bertz CT molecular complexity index is 842. The Morgan fingerprint density at radius 2 is 1.40 bits per heavy atom. The van der Waals surface area contributed by atoms with Crippen LogP contribution >= 0.6 is 11.6 Å². The van der Waals surface area contributed by atoms with Crippen LogP contribution in [-0.4, -0.2) is 71.0 Å². The molecule has 0 heterocycles. The van der Waals surface area contributed by atoms with Gasteiger partial charge in [0.25, 0.3) is 17.1 Å². The van der Waals surface area contributed by atoms with Gasteiger partial charge in [0.2, 0.25) is 0 Å². The van der Waals surface area contributed by atoms with E-state index in [9.17, 15) is 24.3 Å². The highest BCUT2D eigenvalue weighted by atomic mass is 35.5. The number of aliphatic hydroxyl groups is 2. The number of benzene rings is 1. The number of likely N-dealkylation sites (N-methyl/N-ethyl adjacent to an activating group) is 1. The van der Waals surface area contributed by atoms with E-state index in [0.717, 1.165) is 6.92 Å². The van der Waals surface area contributed by atoms with Crippen molar-refractivity contribution in [2.45, 2.75) is 75.3 Å². The summed E-state index contributed by atoms with van der Waals surface area (Å²) in [6.45, 7) is 16.7. The lowest BCUT2D eigenvalue weighted by Gasteiger charge is -2.25. The average Bonchev–Trinajstić information content (AvgIpc) is 2.83. The molecular weight excluding hydrogens is 476 g/mol. The second-order valence-electron chi connectivity index (χ2n) is 6.62. The summed E-state index contributed by atoms with van der Waals surface area (Å²) in [5.41, 5.74) is 1.48. The zero-order valence-electron chi connectivity index (χ0n) is 23.0. The van der Waals surface area contributed by atoms with Gasteiger partial charge in [0, 0.05) is 37.3 Å². The summed E-state index contributed by atoms with van der Waals surface area (Å²) in [6.07, 6.45) is -1.13. The molecule has 0 saturated carbocycles. The zero-order valence-corrected chi connectivity index (χ0v) is 23.7. The van der Waals surface area contributed by atoms with Crippen molar-refractivity contribution < 1.29 is 34.1 Å². The molecule has 10 heteroatoms. The summed E-state index contributed by atoms with van der Waals surface area (Å²) >= 11 is 5.72. The zero-order chi connectivity index (χ0) is 28.5. The van der Waals surface area contributed by atoms with Gasteiger partial charge in [-0.2, -0.15) is 0 Å². The number of carbonyl (C=O) groups excluding carboxylic acids is 4. The topological polar surface area (TPSA) is 133 Å². The molecule has 1 aromatic rings. The average molecular weight is 519 g/mol. The van der Waals surface area contributed by atoms with E-state index in [4.69, 9.17) is 16.7 Å². The molecule has 1 rings (SSSR count). The molecule has 0 radical (unpaired) electrons. The molecular formula is C25H43ClN2O7. The van der Waals surface area contributed by atoms with Crippen molar-refractivity contribution in [3.05, 3.63) is 27.8 Å². The van der Waals surface area contributed by atoms with Gasteiger partial charge >= 0.3 is 5.97 Å². The molecule has 0 bridgehead atoms. The minimum atomic E-state index is -1.13. The van der Waals surface area contributed by atoms with Gasteiger partial charge in [-0.3, -0.25) is 19.2 Å². The van der Waals surface area contributed by atoms with Crippen LogP contribution in [0.3, 0.4) is 0 Å². The van der Waals surface area contributed by atoms with Gasteiger partial charge in [-0.25, -0.2) is 0 Å². The second kappa shape index (κ2) is 19.8. The SMILES string of the molecule is CC.CC.CC.CC(=O)OCC(=O)Nc1c(C)c(C(=O)Cl)c(C)c(C(=O)N(C)CC(O)CO)c1C. The van der Waals surface area contributed by atoms with Gasteiger partial charge in [0.05, 0.1) is 12.7 Å². The number of hydrogen-bond acceptors (Lipinski definition) is 7. The van der Waals surface area contributed by atoms with E-state index < -0.39 is 42.3 Å². The Morgan fingerprint density at radius 3 is 1.80 bits per heavy atom. The van der Waals surface area contributed by atoms with Crippen molar-refractivity contribution >= 4 is 40.3 Å². The van der Waals surface area contributed by atoms with Crippen LogP contribution in [0.5, 0.6) is 0 Å². The van der Waals surface area contributed by atoms with Crippen molar-refractivity contribution in [1.29, 1.82) is 0 Å². The molecule has 35 heavy (non-hydrogen) atoms. The van der Waals surface area contributed by atoms with E-state index >= 15 is 0 Å². The van der Waals surface area contributed by atoms with Crippen molar-refractivity contribution in [2.24, 2.45) is 0 Å². The van der Waals surface area contributed by atoms with E-state index in [1.54, 1.807) is 20.8 Å². The van der Waals surface area contributed by atoms with Crippen LogP contribution in [0.15, 0.2) is 0 Å². The van der Waals surface area contributed by atoms with Crippen molar-refractivity contribution in [3.8, 4) is 0 Å². The minimum absolute atomic E-state index is 0.0690. The molecule has 0 aliphatic rings. The van der Waals surface area contributed by atoms with Gasteiger partial charge < -0.3 is 25.2 Å². The predicted octanol–water partition coefficient (Wildman–Crippen LogP) is 4.00. The third-order valence-electron chi connectivity index (χ3n) is 4.37. The van der Waals surface area contributed by atoms with E-state index in [1.807, 2.05) is 41.5 Å². The normalized spacial score (nSPS) is 10.1. The van der Waals surface area contributed by atoms with E-state index in [-0.39, 0.29) is 23.4 Å². The third-order valence-corrected chi connectivity index (χ3v) is 4.56. The third kappa shape index (κ3) is 11.7. The fourth-order valence-corrected chi connectivity index (χ4v) is 3.30. The predicted molar refractivity (Wildman–Crippen MR) is 140 cm³/mol. The molecule has 202 valence electrons. The summed E-state index contributed by atoms with van der Waals surface area (Å²) in [4.78, 5) is 49.2. The highest BCUT2D eigenvalue weighted by Gasteiger charge is 2.27. The van der Waals surface area contributed by atoms with Gasteiger partial charge in [-0.1, -0.05) is 41.5 Å². The molecule has 0 aliphatic heterocycles. The van der Waals surface area contributed by atoms with Gasteiger partial charge in [0.1, 0.15) is 0 Å². The number of rotatable bonds is 8. The van der Waals surface area contributed by atoms with Crippen LogP contribution in [0.2, 0.25) is 0 Å². The second-order valence-corrected chi connectivity index (χ2v) is 6.97. The van der Waals surface area contributed by atoms with Crippen molar-refractivity contribution in [2.75, 3.05) is 32.1 Å². The van der Waals surface area contributed by atoms with Crippen molar-refractivity contribution in [1.82, 2.24) is 4.90 Å². The smallest absolute Gasteiger partial charge is 0.303 e. The molecule has 0 fully saturated rings. The first-order chi connectivity index (χ1) is 16.4. The number of carbonyl (C=O) groups is 4. The summed E-state index contributed by atoms with van der Waals surface area (Å²) in [5.74, 6) is -1.80. The first-order valence-electron chi connectivity index (χ1n) is 11.7. The Hall–Kier alpha value is -2.49. The van der Waals surface area contributed by atoms with Gasteiger partial charge in [0.15, 0.2) is 6.61 Å². The molecule has 9 nitrogen and oxygen atoms in total. The minimum Gasteiger partial charge on any atom is -0.456 e. The molecule has 1 aromatic carbocycles. The highest BCUT2D eigenvalue weighted by molar-refractivity contribution is 6.68. The molecule has 1 unspecified atom stereocenters. The van der Waals surface area contributed by atoms with E-state index in [2.05, 4.69) is 10.1 Å². The monoisotopic (exact) mass is 518 g/mol. The standard InChI is InChI=1S/C19H25ClN2O7.3C2H6/c1-9-15(18(20)27)10(2)17(21-14(26)8-29-12(4)24)11(3)16(9)19(28)22(5)6-13(25)7-23;3*1-2/h13,23,25H,6-8H2,1-5H3,(H,21,26);3*1-2H3. The fourth-order valence-electron chi connectivity index (χ4n) is 3.01. The summed E-state index contributed by atoms with van der Waals surface area (Å²) in [5, 5.41) is 20.4. The number of amides is 2. The molecule has 2 amide bonds. The maximum atomic E-state index is 13.0. The number of hydrogen-bond donors (Lipinski definition) is 3. The number of halogens is 1. The Labute approximate surface area is 214 Å². The Morgan fingerprint density at radius 1 is 0.943 bits per heavy atom. The maximum Gasteiger partial charge on any atom is 0.303 e. The number of ether oxygens (including phenoxy) is 1. The van der Waals surface area contributed by atoms with E-state index in [1.165, 1.54) is 11.9 Å². The van der Waals surface area contributed by atoms with Crippen LogP contribution < -0.4 is 5.32 Å². The molecule has 0 spiro atoms. The molecule has 3 N–H and O–H groups in total. The summed E-state index contributed by atoms with van der Waals surface area (Å²) < 4.78 is 4.66. The largest absolute Gasteiger partial charge is 0.456 e. The lowest BCUT2D eigenvalue weighted by Crippen LogP contribution is -2.37. The van der Waals surface area contributed by atoms with Crippen LogP contribution in [0, 0.1) is 20.8 Å². The Balaban J connectivity index is -0.00000158. The number of aliphatic hydroxyl groups excluding tert-OH is 2. The first-order valence-corrected chi connectivity index (χ1v) is 12.1. The van der Waals surface area contributed by atoms with Crippen LogP contribution in [0.1, 0.15) is 85.9 Å². The molecule has 1 atom stereocenters. The van der Waals surface area contributed by atoms with Crippen LogP contribution in [0.25, 0.3) is 0 Å². The maximum absolute atomic E-state index is 13.0. The lowest BCUT2D eigenvalue weighted by molar-refractivity contribution is -0.144.